The van der Waals surface area contributed by atoms with Gasteiger partial charge in [-0.1, -0.05) is 12.1 Å². The number of hydrogen-bond donors (Lipinski definition) is 2. The van der Waals surface area contributed by atoms with E-state index >= 15 is 0 Å². The van der Waals surface area contributed by atoms with E-state index in [1.165, 1.54) is 16.7 Å². The Labute approximate surface area is 173 Å². The number of ether oxygens (including phenoxy) is 1. The maximum absolute atomic E-state index is 13.1. The molecule has 4 rings (SSSR count). The Morgan fingerprint density at radius 3 is 2.67 bits per heavy atom. The Hall–Kier alpha value is -2.78. The fourth-order valence-corrected chi connectivity index (χ4v) is 4.03. The molecular weight excluding hydrogens is 391 g/mol. The van der Waals surface area contributed by atoms with Crippen molar-refractivity contribution in [2.24, 2.45) is 0 Å². The van der Waals surface area contributed by atoms with Gasteiger partial charge < -0.3 is 15.2 Å². The molecule has 1 unspecified atom stereocenters. The highest BCUT2D eigenvalue weighted by atomic mass is 19.1. The van der Waals surface area contributed by atoms with Gasteiger partial charge in [0.2, 0.25) is 5.75 Å². The summed E-state index contributed by atoms with van der Waals surface area (Å²) < 4.78 is 20.0. The second kappa shape index (κ2) is 8.93. The fourth-order valence-electron chi connectivity index (χ4n) is 4.03. The number of fused-ring (bicyclic) bond motifs is 1. The molecule has 0 radical (unpaired) electrons. The van der Waals surface area contributed by atoms with Crippen LogP contribution in [0.25, 0.3) is 0 Å². The lowest BCUT2D eigenvalue weighted by atomic mass is 10.1. The first kappa shape index (κ1) is 20.5. The van der Waals surface area contributed by atoms with Crippen molar-refractivity contribution in [1.29, 1.82) is 0 Å². The van der Waals surface area contributed by atoms with Gasteiger partial charge in [-0.3, -0.25) is 19.1 Å². The average molecular weight is 416 g/mol. The predicted octanol–water partition coefficient (Wildman–Crippen LogP) is 1.58. The molecule has 0 spiro atoms. The highest BCUT2D eigenvalue weighted by Crippen LogP contribution is 2.29. The van der Waals surface area contributed by atoms with E-state index < -0.39 is 17.2 Å². The molecule has 1 amide bonds. The van der Waals surface area contributed by atoms with E-state index in [0.29, 0.717) is 31.1 Å². The molecule has 0 saturated carbocycles. The Balaban J connectivity index is 1.62. The quantitative estimate of drug-likeness (QED) is 0.786. The minimum atomic E-state index is -0.641. The number of amides is 1. The molecule has 8 nitrogen and oxygen atoms in total. The van der Waals surface area contributed by atoms with E-state index in [4.69, 9.17) is 4.74 Å². The Bertz CT molecular complexity index is 970. The van der Waals surface area contributed by atoms with Crippen LogP contribution < -0.4 is 10.9 Å². The van der Waals surface area contributed by atoms with Crippen LogP contribution in [0.15, 0.2) is 29.1 Å². The van der Waals surface area contributed by atoms with Crippen LogP contribution in [0.5, 0.6) is 5.75 Å². The minimum absolute atomic E-state index is 0.103. The van der Waals surface area contributed by atoms with Gasteiger partial charge >= 0.3 is 0 Å². The summed E-state index contributed by atoms with van der Waals surface area (Å²) in [4.78, 5) is 32.3. The fraction of sp³-hybridized carbons (Fsp3) is 0.476. The number of benzene rings is 1. The van der Waals surface area contributed by atoms with Crippen LogP contribution in [-0.2, 0) is 17.8 Å². The molecule has 2 aromatic rings. The molecule has 0 aliphatic carbocycles. The van der Waals surface area contributed by atoms with Gasteiger partial charge in [0.05, 0.1) is 19.3 Å². The zero-order valence-electron chi connectivity index (χ0n) is 16.6. The van der Waals surface area contributed by atoms with E-state index in [-0.39, 0.29) is 24.1 Å². The van der Waals surface area contributed by atoms with Gasteiger partial charge in [0.15, 0.2) is 5.69 Å². The molecule has 1 aromatic carbocycles. The van der Waals surface area contributed by atoms with E-state index in [2.05, 4.69) is 15.2 Å². The third-order valence-corrected chi connectivity index (χ3v) is 5.65. The van der Waals surface area contributed by atoms with Gasteiger partial charge in [-0.25, -0.2) is 9.37 Å². The smallest absolute Gasteiger partial charge is 0.296 e. The Morgan fingerprint density at radius 1 is 1.20 bits per heavy atom. The number of aromatic hydroxyl groups is 1. The summed E-state index contributed by atoms with van der Waals surface area (Å²) in [6.45, 7) is 3.28. The lowest BCUT2D eigenvalue weighted by Gasteiger charge is -2.34. The van der Waals surface area contributed by atoms with Crippen LogP contribution in [-0.4, -0.2) is 51.8 Å². The van der Waals surface area contributed by atoms with Crippen molar-refractivity contribution in [1.82, 2.24) is 19.8 Å². The summed E-state index contributed by atoms with van der Waals surface area (Å²) in [6, 6.07) is 5.62. The van der Waals surface area contributed by atoms with Crippen LogP contribution in [0.1, 0.15) is 47.2 Å². The minimum Gasteiger partial charge on any atom is -0.501 e. The first-order chi connectivity index (χ1) is 14.5. The molecule has 2 N–H and O–H groups in total. The van der Waals surface area contributed by atoms with Gasteiger partial charge in [-0.05, 0) is 37.0 Å². The molecular formula is C21H25FN4O4. The summed E-state index contributed by atoms with van der Waals surface area (Å²) in [6.07, 6.45) is 2.57. The lowest BCUT2D eigenvalue weighted by molar-refractivity contribution is 0.0119. The van der Waals surface area contributed by atoms with Crippen molar-refractivity contribution in [2.75, 3.05) is 26.3 Å². The van der Waals surface area contributed by atoms with Crippen molar-refractivity contribution < 1.29 is 19.0 Å². The third-order valence-electron chi connectivity index (χ3n) is 5.65. The molecule has 2 aliphatic heterocycles. The number of carbonyl (C=O) groups is 1. The predicted molar refractivity (Wildman–Crippen MR) is 107 cm³/mol. The Kier molecular flexibility index (Phi) is 6.10. The van der Waals surface area contributed by atoms with Crippen LogP contribution in [0, 0.1) is 5.82 Å². The van der Waals surface area contributed by atoms with Gasteiger partial charge in [-0.15, -0.1) is 0 Å². The van der Waals surface area contributed by atoms with Gasteiger partial charge in [-0.2, -0.15) is 0 Å². The molecule has 3 heterocycles. The summed E-state index contributed by atoms with van der Waals surface area (Å²) in [5, 5.41) is 13.1. The molecule has 1 atom stereocenters. The molecule has 1 saturated heterocycles. The molecule has 2 aliphatic rings. The summed E-state index contributed by atoms with van der Waals surface area (Å²) >= 11 is 0. The number of rotatable bonds is 4. The average Bonchev–Trinajstić information content (AvgIpc) is 2.99. The zero-order chi connectivity index (χ0) is 21.1. The van der Waals surface area contributed by atoms with Crippen LogP contribution in [0.3, 0.4) is 0 Å². The van der Waals surface area contributed by atoms with Gasteiger partial charge in [0.1, 0.15) is 11.6 Å². The van der Waals surface area contributed by atoms with Crippen molar-refractivity contribution in [3.05, 3.63) is 57.5 Å². The number of morpholine rings is 1. The molecule has 30 heavy (non-hydrogen) atoms. The van der Waals surface area contributed by atoms with Crippen LogP contribution >= 0.6 is 0 Å². The molecule has 0 bridgehead atoms. The molecule has 160 valence electrons. The van der Waals surface area contributed by atoms with E-state index in [1.807, 2.05) is 0 Å². The summed E-state index contributed by atoms with van der Waals surface area (Å²) in [7, 11) is 0. The maximum Gasteiger partial charge on any atom is 0.296 e. The van der Waals surface area contributed by atoms with Crippen molar-refractivity contribution in [3.63, 3.8) is 0 Å². The number of nitrogens with zero attached hydrogens (tertiary/aromatic N) is 3. The van der Waals surface area contributed by atoms with Crippen LogP contribution in [0.2, 0.25) is 0 Å². The summed E-state index contributed by atoms with van der Waals surface area (Å²) in [5.41, 5.74) is -0.164. The number of nitrogens with one attached hydrogen (secondary N) is 1. The third kappa shape index (κ3) is 4.22. The SMILES string of the molecule is O=C(NCc1ccc(F)cc1)c1nc2n(c(=O)c1O)CCCCC2N1CCOCC1. The second-order valence-corrected chi connectivity index (χ2v) is 7.59. The number of aromatic nitrogens is 2. The lowest BCUT2D eigenvalue weighted by Crippen LogP contribution is -2.41. The maximum atomic E-state index is 13.1. The number of hydrogen-bond acceptors (Lipinski definition) is 6. The van der Waals surface area contributed by atoms with Crippen molar-refractivity contribution >= 4 is 5.91 Å². The van der Waals surface area contributed by atoms with Crippen molar-refractivity contribution in [2.45, 2.75) is 38.4 Å². The van der Waals surface area contributed by atoms with E-state index in [9.17, 15) is 19.1 Å². The van der Waals surface area contributed by atoms with Crippen LogP contribution in [0.4, 0.5) is 4.39 Å². The standard InChI is InChI=1S/C21H25FN4O4/c22-15-6-4-14(5-7-15)13-23-20(28)17-18(27)21(29)26-8-2-1-3-16(19(26)24-17)25-9-11-30-12-10-25/h4-7,16,27H,1-3,8-13H2,(H,23,28). The molecule has 1 fully saturated rings. The normalized spacial score (nSPS) is 19.7. The first-order valence-electron chi connectivity index (χ1n) is 10.2. The second-order valence-electron chi connectivity index (χ2n) is 7.59. The topological polar surface area (TPSA) is 96.7 Å². The highest BCUT2D eigenvalue weighted by molar-refractivity contribution is 5.94. The largest absolute Gasteiger partial charge is 0.501 e. The van der Waals surface area contributed by atoms with Gasteiger partial charge in [0, 0.05) is 26.2 Å². The van der Waals surface area contributed by atoms with Gasteiger partial charge in [0.25, 0.3) is 11.5 Å². The number of carbonyl (C=O) groups excluding carboxylic acids is 1. The zero-order valence-corrected chi connectivity index (χ0v) is 16.6. The molecule has 9 heteroatoms. The monoisotopic (exact) mass is 416 g/mol. The van der Waals surface area contributed by atoms with Crippen molar-refractivity contribution in [3.8, 4) is 5.75 Å². The summed E-state index contributed by atoms with van der Waals surface area (Å²) in [5.74, 6) is -1.12. The van der Waals surface area contributed by atoms with E-state index in [1.54, 1.807) is 12.1 Å². The molecule has 1 aromatic heterocycles. The Morgan fingerprint density at radius 2 is 1.93 bits per heavy atom. The highest BCUT2D eigenvalue weighted by Gasteiger charge is 2.31. The van der Waals surface area contributed by atoms with E-state index in [0.717, 1.165) is 32.4 Å². The first-order valence-corrected chi connectivity index (χ1v) is 10.2. The number of halogens is 1.